The van der Waals surface area contributed by atoms with Gasteiger partial charge < -0.3 is 10.2 Å². The van der Waals surface area contributed by atoms with Crippen LogP contribution in [0.1, 0.15) is 37.1 Å². The molecule has 0 saturated heterocycles. The van der Waals surface area contributed by atoms with E-state index in [-0.39, 0.29) is 11.3 Å². The first kappa shape index (κ1) is 10.9. The molecule has 1 aliphatic carbocycles. The summed E-state index contributed by atoms with van der Waals surface area (Å²) in [6.45, 7) is 1.32. The van der Waals surface area contributed by atoms with Crippen LogP contribution >= 0.6 is 0 Å². The molecule has 1 saturated carbocycles. The normalized spacial score (nSPS) is 19.1. The van der Waals surface area contributed by atoms with E-state index in [1.807, 2.05) is 0 Å². The molecule has 0 aliphatic heterocycles. The second kappa shape index (κ2) is 3.47. The van der Waals surface area contributed by atoms with E-state index in [9.17, 15) is 14.3 Å². The summed E-state index contributed by atoms with van der Waals surface area (Å²) >= 11 is 0. The van der Waals surface area contributed by atoms with Gasteiger partial charge in [-0.25, -0.2) is 4.39 Å². The third-order valence-electron chi connectivity index (χ3n) is 3.17. The molecule has 0 heterocycles. The van der Waals surface area contributed by atoms with Gasteiger partial charge in [-0.15, -0.1) is 0 Å². The summed E-state index contributed by atoms with van der Waals surface area (Å²) in [5.41, 5.74) is -0.112. The molecular weight excluding hydrogens is 211 g/mol. The number of phenolic OH excluding ortho intramolecular Hbond substituents is 1. The molecule has 3 nitrogen and oxygen atoms in total. The number of aliphatic carboxylic acids is 1. The lowest BCUT2D eigenvalue weighted by Crippen LogP contribution is -2.19. The zero-order chi connectivity index (χ0) is 11.9. The van der Waals surface area contributed by atoms with E-state index in [0.717, 1.165) is 0 Å². The van der Waals surface area contributed by atoms with E-state index in [4.69, 9.17) is 5.11 Å². The van der Waals surface area contributed by atoms with Crippen LogP contribution in [0.4, 0.5) is 4.39 Å². The number of hydrogen-bond donors (Lipinski definition) is 2. The molecule has 1 aliphatic rings. The molecule has 0 radical (unpaired) electrons. The van der Waals surface area contributed by atoms with E-state index < -0.39 is 17.6 Å². The number of benzene rings is 1. The molecule has 0 spiro atoms. The van der Waals surface area contributed by atoms with Gasteiger partial charge in [-0.1, -0.05) is 6.07 Å². The van der Waals surface area contributed by atoms with Crippen LogP contribution in [0, 0.1) is 0 Å². The molecule has 0 aromatic heterocycles. The van der Waals surface area contributed by atoms with Gasteiger partial charge in [0.15, 0.2) is 0 Å². The Labute approximate surface area is 92.5 Å². The summed E-state index contributed by atoms with van der Waals surface area (Å²) in [5, 5.41) is 18.5. The van der Waals surface area contributed by atoms with Crippen LogP contribution in [-0.4, -0.2) is 16.2 Å². The van der Waals surface area contributed by atoms with Crippen molar-refractivity contribution in [2.45, 2.75) is 31.4 Å². The van der Waals surface area contributed by atoms with E-state index in [0.29, 0.717) is 18.4 Å². The van der Waals surface area contributed by atoms with Crippen LogP contribution < -0.4 is 0 Å². The standard InChI is InChI=1S/C12H13FO3/c1-7(13)9-6-8(2-3-10(9)14)12(4-5-12)11(15)16/h2-3,6-7,14H,4-5H2,1H3,(H,15,16). The highest BCUT2D eigenvalue weighted by Crippen LogP contribution is 2.49. The third kappa shape index (κ3) is 1.54. The molecular formula is C12H13FO3. The monoisotopic (exact) mass is 224 g/mol. The molecule has 1 aromatic rings. The average Bonchev–Trinajstić information content (AvgIpc) is 2.98. The van der Waals surface area contributed by atoms with Crippen molar-refractivity contribution in [1.82, 2.24) is 0 Å². The molecule has 0 bridgehead atoms. The quantitative estimate of drug-likeness (QED) is 0.829. The minimum Gasteiger partial charge on any atom is -0.508 e. The zero-order valence-corrected chi connectivity index (χ0v) is 8.90. The van der Waals surface area contributed by atoms with E-state index >= 15 is 0 Å². The SMILES string of the molecule is CC(F)c1cc(C2(C(=O)O)CC2)ccc1O. The molecule has 2 rings (SSSR count). The molecule has 1 unspecified atom stereocenters. The lowest BCUT2D eigenvalue weighted by Gasteiger charge is -2.13. The Morgan fingerprint density at radius 3 is 2.56 bits per heavy atom. The predicted molar refractivity (Wildman–Crippen MR) is 56.2 cm³/mol. The number of hydrogen-bond acceptors (Lipinski definition) is 2. The van der Waals surface area contributed by atoms with E-state index in [1.165, 1.54) is 19.1 Å². The van der Waals surface area contributed by atoms with Gasteiger partial charge in [0.05, 0.1) is 5.41 Å². The van der Waals surface area contributed by atoms with Crippen molar-refractivity contribution in [3.8, 4) is 5.75 Å². The number of carboxylic acid groups (broad SMARTS) is 1. The Morgan fingerprint density at radius 2 is 2.12 bits per heavy atom. The smallest absolute Gasteiger partial charge is 0.314 e. The molecule has 1 aromatic carbocycles. The Hall–Kier alpha value is -1.58. The number of carboxylic acids is 1. The van der Waals surface area contributed by atoms with Gasteiger partial charge in [0.2, 0.25) is 0 Å². The van der Waals surface area contributed by atoms with Gasteiger partial charge in [0, 0.05) is 5.56 Å². The molecule has 1 atom stereocenters. The second-order valence-corrected chi connectivity index (χ2v) is 4.28. The summed E-state index contributed by atoms with van der Waals surface area (Å²) in [4.78, 5) is 11.1. The van der Waals surface area contributed by atoms with Crippen LogP contribution in [-0.2, 0) is 10.2 Å². The van der Waals surface area contributed by atoms with Crippen molar-refractivity contribution in [3.05, 3.63) is 29.3 Å². The van der Waals surface area contributed by atoms with Gasteiger partial charge in [-0.2, -0.15) is 0 Å². The van der Waals surface area contributed by atoms with E-state index in [2.05, 4.69) is 0 Å². The maximum Gasteiger partial charge on any atom is 0.314 e. The molecule has 0 amide bonds. The van der Waals surface area contributed by atoms with Crippen molar-refractivity contribution in [2.75, 3.05) is 0 Å². The van der Waals surface area contributed by atoms with Crippen LogP contribution in [0.3, 0.4) is 0 Å². The fourth-order valence-corrected chi connectivity index (χ4v) is 1.92. The number of halogens is 1. The lowest BCUT2D eigenvalue weighted by molar-refractivity contribution is -0.140. The van der Waals surface area contributed by atoms with Crippen LogP contribution in [0.25, 0.3) is 0 Å². The van der Waals surface area contributed by atoms with Crippen molar-refractivity contribution in [1.29, 1.82) is 0 Å². The predicted octanol–water partition coefficient (Wildman–Crippen LogP) is 2.54. The minimum atomic E-state index is -1.30. The van der Waals surface area contributed by atoms with Crippen LogP contribution in [0.2, 0.25) is 0 Å². The maximum atomic E-state index is 13.2. The van der Waals surface area contributed by atoms with Crippen LogP contribution in [0.15, 0.2) is 18.2 Å². The fourth-order valence-electron chi connectivity index (χ4n) is 1.92. The number of alkyl halides is 1. The van der Waals surface area contributed by atoms with Gasteiger partial charge >= 0.3 is 5.97 Å². The van der Waals surface area contributed by atoms with Crippen LogP contribution in [0.5, 0.6) is 5.75 Å². The highest BCUT2D eigenvalue weighted by Gasteiger charge is 2.51. The number of carbonyl (C=O) groups is 1. The molecule has 1 fully saturated rings. The number of rotatable bonds is 3. The van der Waals surface area contributed by atoms with Crippen molar-refractivity contribution >= 4 is 5.97 Å². The van der Waals surface area contributed by atoms with Crippen molar-refractivity contribution < 1.29 is 19.4 Å². The molecule has 4 heteroatoms. The largest absolute Gasteiger partial charge is 0.508 e. The second-order valence-electron chi connectivity index (χ2n) is 4.28. The molecule has 86 valence electrons. The lowest BCUT2D eigenvalue weighted by atomic mass is 9.93. The first-order chi connectivity index (χ1) is 7.47. The first-order valence-electron chi connectivity index (χ1n) is 5.18. The fraction of sp³-hybridized carbons (Fsp3) is 0.417. The van der Waals surface area contributed by atoms with Gasteiger partial charge in [0.1, 0.15) is 11.9 Å². The highest BCUT2D eigenvalue weighted by atomic mass is 19.1. The molecule has 2 N–H and O–H groups in total. The minimum absolute atomic E-state index is 0.125. The molecule has 16 heavy (non-hydrogen) atoms. The Morgan fingerprint density at radius 1 is 1.50 bits per heavy atom. The van der Waals surface area contributed by atoms with Gasteiger partial charge in [-0.3, -0.25) is 4.79 Å². The summed E-state index contributed by atoms with van der Waals surface area (Å²) in [6.07, 6.45) is -0.148. The number of phenols is 1. The highest BCUT2D eigenvalue weighted by molar-refractivity contribution is 5.85. The average molecular weight is 224 g/mol. The van der Waals surface area contributed by atoms with Crippen molar-refractivity contribution in [2.24, 2.45) is 0 Å². The van der Waals surface area contributed by atoms with Crippen molar-refractivity contribution in [3.63, 3.8) is 0 Å². The zero-order valence-electron chi connectivity index (χ0n) is 8.90. The summed E-state index contributed by atoms with van der Waals surface area (Å²) in [7, 11) is 0. The van der Waals surface area contributed by atoms with E-state index in [1.54, 1.807) is 6.07 Å². The van der Waals surface area contributed by atoms with Gasteiger partial charge in [-0.05, 0) is 37.5 Å². The summed E-state index contributed by atoms with van der Waals surface area (Å²) < 4.78 is 13.2. The Kier molecular flexibility index (Phi) is 2.37. The first-order valence-corrected chi connectivity index (χ1v) is 5.18. The summed E-state index contributed by atoms with van der Waals surface area (Å²) in [5.74, 6) is -1.00. The maximum absolute atomic E-state index is 13.2. The van der Waals surface area contributed by atoms with Gasteiger partial charge in [0.25, 0.3) is 0 Å². The Balaban J connectivity index is 2.44. The summed E-state index contributed by atoms with van der Waals surface area (Å²) in [6, 6.07) is 4.38. The third-order valence-corrected chi connectivity index (χ3v) is 3.17. The number of aromatic hydroxyl groups is 1. The Bertz CT molecular complexity index is 436. The topological polar surface area (TPSA) is 57.5 Å².